The van der Waals surface area contributed by atoms with Crippen LogP contribution in [-0.2, 0) is 42.9 Å². The first-order valence-electron chi connectivity index (χ1n) is 7.10. The number of carbonyl (C=O) groups excluding carboxylic acids is 4. The van der Waals surface area contributed by atoms with Gasteiger partial charge in [-0.25, -0.2) is 0 Å². The molecule has 5 atom stereocenters. The molecule has 0 radical (unpaired) electrons. The number of ether oxygens (including phenoxy) is 5. The summed E-state index contributed by atoms with van der Waals surface area (Å²) in [7, 11) is 0. The van der Waals surface area contributed by atoms with E-state index in [4.69, 9.17) is 23.7 Å². The fraction of sp³-hybridized carbons (Fsp3) is 0.714. The van der Waals surface area contributed by atoms with Crippen LogP contribution in [0.4, 0.5) is 0 Å². The third kappa shape index (κ3) is 5.78. The highest BCUT2D eigenvalue weighted by Gasteiger charge is 2.51. The van der Waals surface area contributed by atoms with E-state index in [0.29, 0.717) is 0 Å². The van der Waals surface area contributed by atoms with E-state index in [9.17, 15) is 24.3 Å². The molecule has 0 aliphatic carbocycles. The minimum atomic E-state index is -1.60. The summed E-state index contributed by atoms with van der Waals surface area (Å²) < 4.78 is 25.0. The van der Waals surface area contributed by atoms with Gasteiger partial charge in [0.1, 0.15) is 12.7 Å². The van der Waals surface area contributed by atoms with Gasteiger partial charge in [0, 0.05) is 27.7 Å². The average Bonchev–Trinajstić information content (AvgIpc) is 2.42. The first kappa shape index (κ1) is 19.8. The number of hydrogen-bond acceptors (Lipinski definition) is 10. The number of rotatable bonds is 5. The second-order valence-corrected chi connectivity index (χ2v) is 5.09. The molecule has 10 nitrogen and oxygen atoms in total. The zero-order valence-corrected chi connectivity index (χ0v) is 13.7. The van der Waals surface area contributed by atoms with Gasteiger partial charge in [-0.3, -0.25) is 19.2 Å². The van der Waals surface area contributed by atoms with Crippen molar-refractivity contribution in [2.24, 2.45) is 0 Å². The zero-order valence-electron chi connectivity index (χ0n) is 13.7. The van der Waals surface area contributed by atoms with Crippen LogP contribution in [0.25, 0.3) is 0 Å². The molecular formula is C14H20O10. The first-order valence-corrected chi connectivity index (χ1v) is 7.10. The summed E-state index contributed by atoms with van der Waals surface area (Å²) in [6.07, 6.45) is -6.83. The largest absolute Gasteiger partial charge is 0.463 e. The quantitative estimate of drug-likeness (QED) is 0.490. The average molecular weight is 348 g/mol. The van der Waals surface area contributed by atoms with Crippen LogP contribution >= 0.6 is 0 Å². The van der Waals surface area contributed by atoms with E-state index in [2.05, 4.69) is 0 Å². The Bertz CT molecular complexity index is 486. The van der Waals surface area contributed by atoms with Gasteiger partial charge in [0.25, 0.3) is 0 Å². The maximum atomic E-state index is 11.3. The van der Waals surface area contributed by atoms with Gasteiger partial charge in [-0.05, 0) is 0 Å². The second-order valence-electron chi connectivity index (χ2n) is 5.09. The number of esters is 4. The van der Waals surface area contributed by atoms with Gasteiger partial charge in [0.15, 0.2) is 18.3 Å². The van der Waals surface area contributed by atoms with E-state index < -0.39 is 54.6 Å². The van der Waals surface area contributed by atoms with Crippen LogP contribution in [0.3, 0.4) is 0 Å². The summed E-state index contributed by atoms with van der Waals surface area (Å²) in [4.78, 5) is 44.7. The molecule has 0 aromatic heterocycles. The summed E-state index contributed by atoms with van der Waals surface area (Å²) in [5, 5.41) is 10.2. The molecule has 1 heterocycles. The smallest absolute Gasteiger partial charge is 0.305 e. The predicted octanol–water partition coefficient (Wildman–Crippen LogP) is -0.938. The van der Waals surface area contributed by atoms with E-state index in [1.54, 1.807) is 0 Å². The number of carbonyl (C=O) groups is 4. The lowest BCUT2D eigenvalue weighted by Gasteiger charge is -2.42. The Morgan fingerprint density at radius 2 is 1.33 bits per heavy atom. The Kier molecular flexibility index (Phi) is 7.11. The van der Waals surface area contributed by atoms with Crippen LogP contribution in [-0.4, -0.2) is 66.3 Å². The molecule has 1 N–H and O–H groups in total. The molecule has 0 bridgehead atoms. The number of aliphatic hydroxyl groups is 1. The highest BCUT2D eigenvalue weighted by molar-refractivity contribution is 5.68. The fourth-order valence-electron chi connectivity index (χ4n) is 2.15. The van der Waals surface area contributed by atoms with Crippen molar-refractivity contribution in [3.8, 4) is 0 Å². The van der Waals surface area contributed by atoms with Crippen molar-refractivity contribution in [1.29, 1.82) is 0 Å². The maximum Gasteiger partial charge on any atom is 0.305 e. The Labute approximate surface area is 137 Å². The van der Waals surface area contributed by atoms with Crippen molar-refractivity contribution < 1.29 is 48.0 Å². The summed E-state index contributed by atoms with van der Waals surface area (Å²) in [6.45, 7) is 4.09. The second kappa shape index (κ2) is 8.60. The Morgan fingerprint density at radius 1 is 0.833 bits per heavy atom. The van der Waals surface area contributed by atoms with Gasteiger partial charge < -0.3 is 28.8 Å². The summed E-state index contributed by atoms with van der Waals surface area (Å²) in [6, 6.07) is 0. The minimum Gasteiger partial charge on any atom is -0.463 e. The van der Waals surface area contributed by atoms with Crippen molar-refractivity contribution >= 4 is 23.9 Å². The molecule has 1 aliphatic rings. The third-order valence-corrected chi connectivity index (χ3v) is 2.95. The molecule has 0 aromatic carbocycles. The fourth-order valence-corrected chi connectivity index (χ4v) is 2.15. The molecule has 10 heteroatoms. The minimum absolute atomic E-state index is 0.366. The monoisotopic (exact) mass is 348 g/mol. The molecule has 24 heavy (non-hydrogen) atoms. The van der Waals surface area contributed by atoms with E-state index >= 15 is 0 Å². The molecule has 0 spiro atoms. The lowest BCUT2D eigenvalue weighted by Crippen LogP contribution is -2.62. The van der Waals surface area contributed by atoms with Crippen molar-refractivity contribution in [3.05, 3.63) is 0 Å². The first-order chi connectivity index (χ1) is 11.1. The molecule has 1 aliphatic heterocycles. The normalized spacial score (nSPS) is 29.3. The highest BCUT2D eigenvalue weighted by Crippen LogP contribution is 2.27. The lowest BCUT2D eigenvalue weighted by molar-refractivity contribution is -0.297. The van der Waals surface area contributed by atoms with Crippen molar-refractivity contribution in [3.63, 3.8) is 0 Å². The summed E-state index contributed by atoms with van der Waals surface area (Å²) >= 11 is 0. The standard InChI is InChI=1S/C14H20O10/c1-6(15)20-5-10-12(21-7(2)16)13(22-8(3)17)11(19)14(24-10)23-9(4)18/h10-14,19H,5H2,1-4H3/t10?,11?,12-,13-,14-/m1/s1. The van der Waals surface area contributed by atoms with Gasteiger partial charge >= 0.3 is 23.9 Å². The molecule has 1 rings (SSSR count). The number of hydrogen-bond donors (Lipinski definition) is 1. The summed E-state index contributed by atoms with van der Waals surface area (Å²) in [5.74, 6) is -2.87. The Morgan fingerprint density at radius 3 is 1.79 bits per heavy atom. The molecule has 1 fully saturated rings. The molecule has 136 valence electrons. The third-order valence-electron chi connectivity index (χ3n) is 2.95. The van der Waals surface area contributed by atoms with Gasteiger partial charge in [0.2, 0.25) is 6.29 Å². The van der Waals surface area contributed by atoms with Crippen molar-refractivity contribution in [2.75, 3.05) is 6.61 Å². The Balaban J connectivity index is 3.08. The highest BCUT2D eigenvalue weighted by atomic mass is 16.7. The van der Waals surface area contributed by atoms with Crippen LogP contribution in [0, 0.1) is 0 Å². The van der Waals surface area contributed by atoms with Crippen molar-refractivity contribution in [2.45, 2.75) is 58.4 Å². The van der Waals surface area contributed by atoms with Crippen LogP contribution in [0.1, 0.15) is 27.7 Å². The molecular weight excluding hydrogens is 328 g/mol. The van der Waals surface area contributed by atoms with Crippen LogP contribution in [0.2, 0.25) is 0 Å². The van der Waals surface area contributed by atoms with Gasteiger partial charge in [-0.15, -0.1) is 0 Å². The van der Waals surface area contributed by atoms with Crippen LogP contribution in [0.15, 0.2) is 0 Å². The molecule has 0 amide bonds. The maximum absolute atomic E-state index is 11.3. The van der Waals surface area contributed by atoms with E-state index in [-0.39, 0.29) is 6.61 Å². The SMILES string of the molecule is CC(=O)OCC1O[C@@H](OC(C)=O)C(O)[C@@H](OC(C)=O)[C@@H]1OC(C)=O. The summed E-state index contributed by atoms with van der Waals surface area (Å²) in [5.41, 5.74) is 0. The topological polar surface area (TPSA) is 135 Å². The van der Waals surface area contributed by atoms with Crippen LogP contribution in [0.5, 0.6) is 0 Å². The van der Waals surface area contributed by atoms with E-state index in [1.807, 2.05) is 0 Å². The van der Waals surface area contributed by atoms with Gasteiger partial charge in [-0.2, -0.15) is 0 Å². The molecule has 1 saturated heterocycles. The van der Waals surface area contributed by atoms with Gasteiger partial charge in [-0.1, -0.05) is 0 Å². The lowest BCUT2D eigenvalue weighted by atomic mass is 9.98. The Hall–Kier alpha value is -2.20. The van der Waals surface area contributed by atoms with Crippen molar-refractivity contribution in [1.82, 2.24) is 0 Å². The van der Waals surface area contributed by atoms with E-state index in [0.717, 1.165) is 27.7 Å². The van der Waals surface area contributed by atoms with Crippen LogP contribution < -0.4 is 0 Å². The molecule has 0 saturated carbocycles. The predicted molar refractivity (Wildman–Crippen MR) is 74.2 cm³/mol. The van der Waals surface area contributed by atoms with Gasteiger partial charge in [0.05, 0.1) is 0 Å². The molecule has 0 aromatic rings. The number of aliphatic hydroxyl groups excluding tert-OH is 1. The van der Waals surface area contributed by atoms with E-state index in [1.165, 1.54) is 0 Å². The zero-order chi connectivity index (χ0) is 18.4. The molecule has 2 unspecified atom stereocenters.